The van der Waals surface area contributed by atoms with Gasteiger partial charge in [0.05, 0.1) is 11.1 Å². The number of hydrogen-bond donors (Lipinski definition) is 1. The predicted molar refractivity (Wildman–Crippen MR) is 64.5 cm³/mol. The molecule has 0 fully saturated rings. The molecule has 0 aliphatic rings. The number of fused-ring (bicyclic) bond motifs is 1. The maximum atomic E-state index is 6.07. The summed E-state index contributed by atoms with van der Waals surface area (Å²) in [5, 5.41) is 8.64. The molecule has 2 aromatic heterocycles. The third kappa shape index (κ3) is 1.70. The Labute approximate surface area is 101 Å². The van der Waals surface area contributed by atoms with E-state index in [1.54, 1.807) is 0 Å². The monoisotopic (exact) mass is 246 g/mol. The Morgan fingerprint density at radius 3 is 2.76 bits per heavy atom. The maximum absolute atomic E-state index is 6.07. The molecule has 0 atom stereocenters. The van der Waals surface area contributed by atoms with E-state index in [1.165, 1.54) is 0 Å². The Morgan fingerprint density at radius 2 is 2.00 bits per heavy atom. The van der Waals surface area contributed by atoms with Gasteiger partial charge in [0.2, 0.25) is 0 Å². The van der Waals surface area contributed by atoms with E-state index in [-0.39, 0.29) is 11.9 Å². The first-order valence-corrected chi connectivity index (χ1v) is 5.26. The molecule has 17 heavy (non-hydrogen) atoms. The van der Waals surface area contributed by atoms with E-state index in [2.05, 4.69) is 15.2 Å². The zero-order chi connectivity index (χ0) is 11.8. The number of pyridine rings is 1. The quantitative estimate of drug-likeness (QED) is 0.668. The molecule has 0 spiro atoms. The molecule has 0 bridgehead atoms. The number of halogens is 1. The zero-order valence-corrected chi connectivity index (χ0v) is 9.35. The van der Waals surface area contributed by atoms with Crippen LogP contribution >= 0.6 is 11.6 Å². The number of hydrogen-bond acceptors (Lipinski definition) is 5. The van der Waals surface area contributed by atoms with Crippen LogP contribution in [0.3, 0.4) is 0 Å². The largest absolute Gasteiger partial charge is 0.403 e. The molecular formula is C11H7ClN4O. The van der Waals surface area contributed by atoms with Crippen LogP contribution in [0.2, 0.25) is 5.15 Å². The van der Waals surface area contributed by atoms with Crippen LogP contribution in [0.15, 0.2) is 34.7 Å². The number of anilines is 1. The minimum absolute atomic E-state index is 0.00391. The Balaban J connectivity index is 2.26. The third-order valence-electron chi connectivity index (χ3n) is 2.35. The summed E-state index contributed by atoms with van der Waals surface area (Å²) in [6.45, 7) is 0. The number of nitrogen functional groups attached to an aromatic ring is 1. The van der Waals surface area contributed by atoms with Crippen molar-refractivity contribution in [1.29, 1.82) is 0 Å². The number of para-hydroxylation sites is 1. The SMILES string of the molecule is Nc1nnc(-c2cc3ccccc3nc2Cl)o1. The highest BCUT2D eigenvalue weighted by atomic mass is 35.5. The van der Waals surface area contributed by atoms with Gasteiger partial charge in [-0.05, 0) is 12.1 Å². The Morgan fingerprint density at radius 1 is 1.18 bits per heavy atom. The van der Waals surface area contributed by atoms with Gasteiger partial charge in [-0.2, -0.15) is 0 Å². The first kappa shape index (κ1) is 10.0. The lowest BCUT2D eigenvalue weighted by molar-refractivity contribution is 0.590. The fraction of sp³-hybridized carbons (Fsp3) is 0. The van der Waals surface area contributed by atoms with Crippen molar-refractivity contribution in [1.82, 2.24) is 15.2 Å². The number of aromatic nitrogens is 3. The normalized spacial score (nSPS) is 10.9. The van der Waals surface area contributed by atoms with Gasteiger partial charge in [0.25, 0.3) is 5.89 Å². The van der Waals surface area contributed by atoms with Gasteiger partial charge in [0.1, 0.15) is 5.15 Å². The van der Waals surface area contributed by atoms with Crippen LogP contribution in [0.5, 0.6) is 0 Å². The fourth-order valence-corrected chi connectivity index (χ4v) is 1.81. The molecule has 0 radical (unpaired) electrons. The summed E-state index contributed by atoms with van der Waals surface area (Å²) >= 11 is 6.07. The Kier molecular flexibility index (Phi) is 2.19. The number of benzene rings is 1. The van der Waals surface area contributed by atoms with E-state index in [0.717, 1.165) is 10.9 Å². The summed E-state index contributed by atoms with van der Waals surface area (Å²) in [5.74, 6) is 0.269. The summed E-state index contributed by atoms with van der Waals surface area (Å²) in [6.07, 6.45) is 0. The topological polar surface area (TPSA) is 77.8 Å². The molecular weight excluding hydrogens is 240 g/mol. The van der Waals surface area contributed by atoms with Crippen molar-refractivity contribution in [3.05, 3.63) is 35.5 Å². The molecule has 0 saturated carbocycles. The van der Waals surface area contributed by atoms with Crippen LogP contribution in [-0.4, -0.2) is 15.2 Å². The van der Waals surface area contributed by atoms with Crippen LogP contribution < -0.4 is 5.73 Å². The minimum atomic E-state index is 0.00391. The number of rotatable bonds is 1. The predicted octanol–water partition coefficient (Wildman–Crippen LogP) is 2.52. The summed E-state index contributed by atoms with van der Waals surface area (Å²) in [4.78, 5) is 4.26. The van der Waals surface area contributed by atoms with E-state index in [0.29, 0.717) is 10.7 Å². The van der Waals surface area contributed by atoms with Crippen LogP contribution in [0.1, 0.15) is 0 Å². The molecule has 1 aromatic carbocycles. The molecule has 84 valence electrons. The second-order valence-corrected chi connectivity index (χ2v) is 3.82. The van der Waals surface area contributed by atoms with Gasteiger partial charge >= 0.3 is 6.01 Å². The van der Waals surface area contributed by atoms with E-state index in [9.17, 15) is 0 Å². The number of nitrogens with two attached hydrogens (primary N) is 1. The third-order valence-corrected chi connectivity index (χ3v) is 2.64. The van der Waals surface area contributed by atoms with Gasteiger partial charge in [-0.3, -0.25) is 0 Å². The minimum Gasteiger partial charge on any atom is -0.403 e. The first-order valence-electron chi connectivity index (χ1n) is 4.89. The van der Waals surface area contributed by atoms with Crippen molar-refractivity contribution in [2.75, 3.05) is 5.73 Å². The molecule has 2 heterocycles. The van der Waals surface area contributed by atoms with Gasteiger partial charge in [0.15, 0.2) is 0 Å². The first-order chi connectivity index (χ1) is 8.24. The highest BCUT2D eigenvalue weighted by Crippen LogP contribution is 2.29. The summed E-state index contributed by atoms with van der Waals surface area (Å²) < 4.78 is 5.13. The van der Waals surface area contributed by atoms with Crippen molar-refractivity contribution in [3.63, 3.8) is 0 Å². The summed E-state index contributed by atoms with van der Waals surface area (Å²) in [5.41, 5.74) is 6.77. The molecule has 0 unspecified atom stereocenters. The molecule has 0 amide bonds. The molecule has 0 aliphatic heterocycles. The second kappa shape index (κ2) is 3.71. The average Bonchev–Trinajstić information content (AvgIpc) is 2.75. The highest BCUT2D eigenvalue weighted by Gasteiger charge is 2.12. The van der Waals surface area contributed by atoms with Crippen LogP contribution in [0, 0.1) is 0 Å². The van der Waals surface area contributed by atoms with Crippen molar-refractivity contribution < 1.29 is 4.42 Å². The zero-order valence-electron chi connectivity index (χ0n) is 8.59. The molecule has 3 aromatic rings. The van der Waals surface area contributed by atoms with E-state index in [1.807, 2.05) is 30.3 Å². The maximum Gasteiger partial charge on any atom is 0.313 e. The second-order valence-electron chi connectivity index (χ2n) is 3.46. The lowest BCUT2D eigenvalue weighted by Gasteiger charge is -2.01. The van der Waals surface area contributed by atoms with Gasteiger partial charge in [-0.1, -0.05) is 34.9 Å². The van der Waals surface area contributed by atoms with Crippen LogP contribution in [0.4, 0.5) is 6.01 Å². The van der Waals surface area contributed by atoms with Crippen molar-refractivity contribution >= 4 is 28.5 Å². The van der Waals surface area contributed by atoms with Gasteiger partial charge < -0.3 is 10.2 Å². The standard InChI is InChI=1S/C11H7ClN4O/c12-9-7(10-15-16-11(13)17-10)5-6-3-1-2-4-8(6)14-9/h1-5H,(H2,13,16). The van der Waals surface area contributed by atoms with Crippen LogP contribution in [-0.2, 0) is 0 Å². The van der Waals surface area contributed by atoms with Gasteiger partial charge in [-0.15, -0.1) is 5.10 Å². The van der Waals surface area contributed by atoms with Crippen LogP contribution in [0.25, 0.3) is 22.4 Å². The molecule has 0 aliphatic carbocycles. The fourth-order valence-electron chi connectivity index (χ4n) is 1.59. The van der Waals surface area contributed by atoms with Gasteiger partial charge in [0, 0.05) is 5.39 Å². The van der Waals surface area contributed by atoms with Crippen molar-refractivity contribution in [2.24, 2.45) is 0 Å². The Hall–Kier alpha value is -2.14. The molecule has 2 N–H and O–H groups in total. The molecule has 6 heteroatoms. The lowest BCUT2D eigenvalue weighted by atomic mass is 10.1. The Bertz CT molecular complexity index is 695. The summed E-state index contributed by atoms with van der Waals surface area (Å²) in [7, 11) is 0. The molecule has 0 saturated heterocycles. The van der Waals surface area contributed by atoms with Crippen molar-refractivity contribution in [2.45, 2.75) is 0 Å². The smallest absolute Gasteiger partial charge is 0.313 e. The lowest BCUT2D eigenvalue weighted by Crippen LogP contribution is -1.86. The molecule has 3 rings (SSSR count). The van der Waals surface area contributed by atoms with Crippen molar-refractivity contribution in [3.8, 4) is 11.5 Å². The average molecular weight is 247 g/mol. The van der Waals surface area contributed by atoms with E-state index >= 15 is 0 Å². The number of nitrogens with zero attached hydrogens (tertiary/aromatic N) is 3. The van der Waals surface area contributed by atoms with E-state index in [4.69, 9.17) is 21.8 Å². The van der Waals surface area contributed by atoms with E-state index < -0.39 is 0 Å². The summed E-state index contributed by atoms with van der Waals surface area (Å²) in [6, 6.07) is 9.48. The van der Waals surface area contributed by atoms with Gasteiger partial charge in [-0.25, -0.2) is 4.98 Å². The molecule has 5 nitrogen and oxygen atoms in total. The highest BCUT2D eigenvalue weighted by molar-refractivity contribution is 6.32.